The van der Waals surface area contributed by atoms with E-state index < -0.39 is 176 Å². The van der Waals surface area contributed by atoms with Gasteiger partial charge in [0.15, 0.2) is 0 Å². The summed E-state index contributed by atoms with van der Waals surface area (Å²) < 4.78 is 196. The van der Waals surface area contributed by atoms with Crippen LogP contribution in [0.4, 0.5) is 0 Å². The predicted molar refractivity (Wildman–Crippen MR) is 240 cm³/mol. The first-order chi connectivity index (χ1) is 37.0. The lowest BCUT2D eigenvalue weighted by atomic mass is 10.0. The van der Waals surface area contributed by atoms with Crippen molar-refractivity contribution in [1.82, 2.24) is 13.7 Å². The molecule has 9 aromatic carbocycles. The highest BCUT2D eigenvalue weighted by molar-refractivity contribution is 6.17. The van der Waals surface area contributed by atoms with E-state index in [0.717, 1.165) is 31.4 Å². The summed E-state index contributed by atoms with van der Waals surface area (Å²) in [6.45, 7) is 0. The van der Waals surface area contributed by atoms with Gasteiger partial charge in [-0.15, -0.1) is 0 Å². The van der Waals surface area contributed by atoms with Crippen molar-refractivity contribution in [2.24, 2.45) is 0 Å². The van der Waals surface area contributed by atoms with Gasteiger partial charge >= 0.3 is 0 Å². The third-order valence-electron chi connectivity index (χ3n) is 10.4. The lowest BCUT2D eigenvalue weighted by Gasteiger charge is -2.12. The molecule has 0 N–H and O–H groups in total. The minimum Gasteiger partial charge on any atom is -0.309 e. The Balaban J connectivity index is 1.22. The third-order valence-corrected chi connectivity index (χ3v) is 10.4. The first-order valence-electron chi connectivity index (χ1n) is 28.4. The lowest BCUT2D eigenvalue weighted by Crippen LogP contribution is -1.97. The molecule has 0 aliphatic rings. The fourth-order valence-electron chi connectivity index (χ4n) is 7.86. The van der Waals surface area contributed by atoms with Gasteiger partial charge in [0, 0.05) is 43.7 Å². The molecule has 3 heteroatoms. The number of para-hydroxylation sites is 4. The number of hydrogen-bond donors (Lipinski definition) is 0. The summed E-state index contributed by atoms with van der Waals surface area (Å²) in [5.74, 6) is 0. The van der Waals surface area contributed by atoms with Crippen LogP contribution >= 0.6 is 0 Å². The highest BCUT2D eigenvalue weighted by atomic mass is 15.0. The van der Waals surface area contributed by atoms with Crippen LogP contribution in [-0.2, 0) is 0 Å². The summed E-state index contributed by atoms with van der Waals surface area (Å²) in [5, 5.41) is -1.76. The average Bonchev–Trinajstić information content (AvgIpc) is 4.24. The third kappa shape index (κ3) is 4.79. The first-order valence-corrected chi connectivity index (χ1v) is 17.9. The standard InChI is InChI=1S/C54H35N3/c1-2-13-36(14-3-1)37-25-27-38(28-26-37)39-29-31-40(32-30-39)55-47-19-8-6-17-44(47)46-35-41(33-34-51(46)55)56-50-22-11-7-18-45(50)54-52(56)23-12-24-53(54)57-48-20-9-4-15-42(48)43-16-5-10-21-49(43)57/h1-35H/i4D,5D,6D,7D,8D,9D,10D,11D,12D,15D,16D,17D,18D,19D,20D,21D,22D,23D,24D,33D,34D. The Bertz CT molecular complexity index is 4640. The molecule has 0 aliphatic carbocycles. The molecule has 3 nitrogen and oxygen atoms in total. The van der Waals surface area contributed by atoms with Crippen LogP contribution in [0.3, 0.4) is 0 Å². The normalized spacial score (nSPS) is 17.0. The molecule has 0 unspecified atom stereocenters. The van der Waals surface area contributed by atoms with Gasteiger partial charge in [0.2, 0.25) is 0 Å². The van der Waals surface area contributed by atoms with E-state index in [2.05, 4.69) is 0 Å². The fraction of sp³-hybridized carbons (Fsp3) is 0. The van der Waals surface area contributed by atoms with Gasteiger partial charge in [-0.3, -0.25) is 0 Å². The van der Waals surface area contributed by atoms with E-state index in [0.29, 0.717) is 5.69 Å². The summed E-state index contributed by atoms with van der Waals surface area (Å²) in [5.41, 5.74) is 1.08. The molecular weight excluding hydrogens is 691 g/mol. The number of fused-ring (bicyclic) bond motifs is 9. The maximum atomic E-state index is 9.84. The van der Waals surface area contributed by atoms with Gasteiger partial charge in [0.05, 0.1) is 67.6 Å². The summed E-state index contributed by atoms with van der Waals surface area (Å²) in [4.78, 5) is 0. The quantitative estimate of drug-likeness (QED) is 0.167. The van der Waals surface area contributed by atoms with Gasteiger partial charge in [-0.2, -0.15) is 0 Å². The van der Waals surface area contributed by atoms with E-state index in [1.807, 2.05) is 54.6 Å². The zero-order valence-corrected chi connectivity index (χ0v) is 29.4. The molecule has 0 bridgehead atoms. The van der Waals surface area contributed by atoms with Crippen LogP contribution in [0.2, 0.25) is 0 Å². The molecule has 0 spiro atoms. The second kappa shape index (κ2) is 12.5. The van der Waals surface area contributed by atoms with Gasteiger partial charge < -0.3 is 13.7 Å². The lowest BCUT2D eigenvalue weighted by molar-refractivity contribution is 1.16. The van der Waals surface area contributed by atoms with Crippen LogP contribution in [0.25, 0.3) is 105 Å². The van der Waals surface area contributed by atoms with Crippen molar-refractivity contribution in [1.29, 1.82) is 0 Å². The van der Waals surface area contributed by atoms with Crippen molar-refractivity contribution < 1.29 is 28.8 Å². The molecule has 12 aromatic rings. The van der Waals surface area contributed by atoms with E-state index in [-0.39, 0.29) is 27.5 Å². The topological polar surface area (TPSA) is 14.8 Å². The van der Waals surface area contributed by atoms with Crippen molar-refractivity contribution in [3.05, 3.63) is 212 Å². The smallest absolute Gasteiger partial charge is 0.0646 e. The Labute approximate surface area is 359 Å². The Morgan fingerprint density at radius 3 is 1.35 bits per heavy atom. The van der Waals surface area contributed by atoms with Gasteiger partial charge in [-0.05, 0) is 88.8 Å². The molecule has 0 fully saturated rings. The van der Waals surface area contributed by atoms with Crippen LogP contribution in [0.1, 0.15) is 28.8 Å². The Kier molecular flexibility index (Phi) is 3.81. The maximum Gasteiger partial charge on any atom is 0.0646 e. The number of rotatable bonds is 5. The molecule has 0 radical (unpaired) electrons. The van der Waals surface area contributed by atoms with Crippen molar-refractivity contribution in [3.8, 4) is 39.3 Å². The molecule has 3 aromatic heterocycles. The second-order valence-corrected chi connectivity index (χ2v) is 13.4. The van der Waals surface area contributed by atoms with Crippen LogP contribution in [-0.4, -0.2) is 13.7 Å². The molecule has 57 heavy (non-hydrogen) atoms. The zero-order valence-electron chi connectivity index (χ0n) is 50.4. The summed E-state index contributed by atoms with van der Waals surface area (Å²) >= 11 is 0. The number of benzene rings is 9. The van der Waals surface area contributed by atoms with Crippen LogP contribution < -0.4 is 0 Å². The van der Waals surface area contributed by atoms with E-state index in [1.54, 1.807) is 24.3 Å². The van der Waals surface area contributed by atoms with Crippen LogP contribution in [0.15, 0.2) is 212 Å². The van der Waals surface area contributed by atoms with E-state index in [4.69, 9.17) is 13.7 Å². The molecule has 0 amide bonds. The largest absolute Gasteiger partial charge is 0.309 e. The Morgan fingerprint density at radius 2 is 0.737 bits per heavy atom. The van der Waals surface area contributed by atoms with E-state index in [1.165, 1.54) is 10.6 Å². The monoisotopic (exact) mass is 746 g/mol. The highest BCUT2D eigenvalue weighted by Gasteiger charge is 2.20. The molecule has 0 saturated heterocycles. The van der Waals surface area contributed by atoms with Crippen molar-refractivity contribution in [2.45, 2.75) is 0 Å². The van der Waals surface area contributed by atoms with Crippen molar-refractivity contribution in [3.63, 3.8) is 0 Å². The molecule has 12 rings (SSSR count). The van der Waals surface area contributed by atoms with Crippen LogP contribution in [0, 0.1) is 0 Å². The minimum atomic E-state index is -0.881. The molecule has 0 atom stereocenters. The number of hydrogen-bond acceptors (Lipinski definition) is 0. The first kappa shape index (κ1) is 17.5. The Hall–Kier alpha value is -7.62. The van der Waals surface area contributed by atoms with Gasteiger partial charge in [0.1, 0.15) is 0 Å². The zero-order chi connectivity index (χ0) is 55.7. The minimum absolute atomic E-state index is 0.0197. The van der Waals surface area contributed by atoms with Gasteiger partial charge in [-0.25, -0.2) is 0 Å². The summed E-state index contributed by atoms with van der Waals surface area (Å²) in [7, 11) is 0. The van der Waals surface area contributed by atoms with Crippen LogP contribution in [0.5, 0.6) is 0 Å². The Morgan fingerprint density at radius 1 is 0.298 bits per heavy atom. The average molecular weight is 747 g/mol. The summed E-state index contributed by atoms with van der Waals surface area (Å²) in [6.07, 6.45) is 0. The predicted octanol–water partition coefficient (Wildman–Crippen LogP) is 14.3. The molecule has 3 heterocycles. The SMILES string of the molecule is [2H]c1c([2H])c([2H])c2c(c1[2H])c1cc(-n3c4c([2H])c([2H])c([2H])c([2H])c4c4c(-n5c6c([2H])c([2H])c([2H])c([2H])c6c6c([2H])c([2H])c([2H])c([2H])c65)c([2H])c([2H])c([2H])c43)c([2H])c([2H])c1n2-c1ccc(-c2ccc(-c3ccccc3)cc2)cc1. The maximum absolute atomic E-state index is 9.84. The molecular formula is C54H35N3. The second-order valence-electron chi connectivity index (χ2n) is 13.4. The number of nitrogens with zero attached hydrogens (tertiary/aromatic N) is 3. The van der Waals surface area contributed by atoms with E-state index in [9.17, 15) is 15.1 Å². The fourth-order valence-corrected chi connectivity index (χ4v) is 7.86. The van der Waals surface area contributed by atoms with E-state index >= 15 is 0 Å². The van der Waals surface area contributed by atoms with Crippen molar-refractivity contribution >= 4 is 65.4 Å². The molecule has 0 saturated carbocycles. The molecule has 0 aliphatic heterocycles. The van der Waals surface area contributed by atoms with Gasteiger partial charge in [-0.1, -0.05) is 145 Å². The summed E-state index contributed by atoms with van der Waals surface area (Å²) in [6, 6.07) is 10.8. The molecule has 266 valence electrons. The van der Waals surface area contributed by atoms with Crippen molar-refractivity contribution in [2.75, 3.05) is 0 Å². The van der Waals surface area contributed by atoms with Gasteiger partial charge in [0.25, 0.3) is 0 Å². The highest BCUT2D eigenvalue weighted by Crippen LogP contribution is 2.41. The number of aromatic nitrogens is 3.